The highest BCUT2D eigenvalue weighted by Gasteiger charge is 2.07. The fourth-order valence-electron chi connectivity index (χ4n) is 1.95. The Balaban J connectivity index is 2.01. The third kappa shape index (κ3) is 4.65. The third-order valence-electron chi connectivity index (χ3n) is 2.87. The maximum atomic E-state index is 13.1. The average Bonchev–Trinajstić information content (AvgIpc) is 2.43. The minimum absolute atomic E-state index is 0.150. The molecule has 0 saturated heterocycles. The number of hydrogen-bond donors (Lipinski definition) is 1. The summed E-state index contributed by atoms with van der Waals surface area (Å²) >= 11 is 3.11. The van der Waals surface area contributed by atoms with Gasteiger partial charge < -0.3 is 10.1 Å². The van der Waals surface area contributed by atoms with Crippen molar-refractivity contribution in [3.8, 4) is 0 Å². The van der Waals surface area contributed by atoms with E-state index in [1.807, 2.05) is 24.3 Å². The van der Waals surface area contributed by atoms with Gasteiger partial charge in [-0.25, -0.2) is 4.39 Å². The number of carbonyl (C=O) groups is 1. The second-order valence-electron chi connectivity index (χ2n) is 4.61. The monoisotopic (exact) mass is 351 g/mol. The number of ether oxygens (including phenoxy) is 1. The molecule has 0 aromatic heterocycles. The first-order chi connectivity index (χ1) is 10.1. The van der Waals surface area contributed by atoms with Crippen molar-refractivity contribution in [2.24, 2.45) is 0 Å². The Bertz CT molecular complexity index is 646. The van der Waals surface area contributed by atoms with Gasteiger partial charge in [0.2, 0.25) is 5.91 Å². The van der Waals surface area contributed by atoms with Crippen LogP contribution in [-0.2, 0) is 22.6 Å². The summed E-state index contributed by atoms with van der Waals surface area (Å²) in [4.78, 5) is 12.0. The smallest absolute Gasteiger partial charge is 0.228 e. The number of carbonyl (C=O) groups excluding carboxylic acids is 1. The predicted molar refractivity (Wildman–Crippen MR) is 83.6 cm³/mol. The zero-order valence-electron chi connectivity index (χ0n) is 11.5. The van der Waals surface area contributed by atoms with Gasteiger partial charge >= 0.3 is 0 Å². The molecule has 0 atom stereocenters. The zero-order valence-corrected chi connectivity index (χ0v) is 13.1. The minimum Gasteiger partial charge on any atom is -0.380 e. The van der Waals surface area contributed by atoms with E-state index in [4.69, 9.17) is 4.74 Å². The molecule has 0 saturated carbocycles. The van der Waals surface area contributed by atoms with Crippen molar-refractivity contribution in [3.63, 3.8) is 0 Å². The van der Waals surface area contributed by atoms with E-state index < -0.39 is 0 Å². The van der Waals surface area contributed by atoms with Crippen molar-refractivity contribution in [3.05, 3.63) is 63.9 Å². The van der Waals surface area contributed by atoms with Crippen molar-refractivity contribution in [1.82, 2.24) is 0 Å². The Hall–Kier alpha value is -1.72. The Morgan fingerprint density at radius 2 is 2.05 bits per heavy atom. The molecule has 0 heterocycles. The molecular formula is C16H15BrFNO2. The molecule has 0 aliphatic heterocycles. The van der Waals surface area contributed by atoms with Crippen molar-refractivity contribution < 1.29 is 13.9 Å². The number of nitrogens with one attached hydrogen (secondary N) is 1. The Kier molecular flexibility index (Phi) is 5.47. The number of anilines is 1. The van der Waals surface area contributed by atoms with Crippen LogP contribution in [0.5, 0.6) is 0 Å². The van der Waals surface area contributed by atoms with E-state index in [9.17, 15) is 9.18 Å². The van der Waals surface area contributed by atoms with Crippen LogP contribution in [-0.4, -0.2) is 13.0 Å². The van der Waals surface area contributed by atoms with Gasteiger partial charge in [0.05, 0.1) is 17.5 Å². The molecule has 2 aromatic carbocycles. The number of benzene rings is 2. The third-order valence-corrected chi connectivity index (χ3v) is 3.48. The van der Waals surface area contributed by atoms with E-state index in [0.717, 1.165) is 16.8 Å². The normalized spacial score (nSPS) is 10.4. The van der Waals surface area contributed by atoms with Crippen molar-refractivity contribution in [2.75, 3.05) is 12.4 Å². The summed E-state index contributed by atoms with van der Waals surface area (Å²) in [5.41, 5.74) is 2.45. The molecule has 0 bridgehead atoms. The molecule has 1 N–H and O–H groups in total. The fourth-order valence-corrected chi connectivity index (χ4v) is 2.37. The van der Waals surface area contributed by atoms with Gasteiger partial charge in [0.1, 0.15) is 5.82 Å². The van der Waals surface area contributed by atoms with Crippen LogP contribution < -0.4 is 5.32 Å². The number of methoxy groups -OCH3 is 1. The van der Waals surface area contributed by atoms with E-state index in [2.05, 4.69) is 21.2 Å². The topological polar surface area (TPSA) is 38.3 Å². The van der Waals surface area contributed by atoms with Crippen molar-refractivity contribution in [1.29, 1.82) is 0 Å². The predicted octanol–water partition coefficient (Wildman–Crippen LogP) is 3.92. The number of hydrogen-bond acceptors (Lipinski definition) is 2. The zero-order chi connectivity index (χ0) is 15.2. The van der Waals surface area contributed by atoms with Crippen LogP contribution in [0.2, 0.25) is 0 Å². The molecule has 5 heteroatoms. The molecule has 1 amide bonds. The minimum atomic E-state index is -0.341. The molecule has 0 fully saturated rings. The molecule has 21 heavy (non-hydrogen) atoms. The summed E-state index contributed by atoms with van der Waals surface area (Å²) < 4.78 is 18.6. The summed E-state index contributed by atoms with van der Waals surface area (Å²) in [5.74, 6) is -0.491. The number of rotatable bonds is 5. The lowest BCUT2D eigenvalue weighted by Gasteiger charge is -2.08. The van der Waals surface area contributed by atoms with E-state index in [1.54, 1.807) is 19.2 Å². The Morgan fingerprint density at radius 1 is 1.24 bits per heavy atom. The molecule has 2 rings (SSSR count). The molecule has 3 nitrogen and oxygen atoms in total. The van der Waals surface area contributed by atoms with Crippen molar-refractivity contribution in [2.45, 2.75) is 13.0 Å². The van der Waals surface area contributed by atoms with Gasteiger partial charge in [-0.05, 0) is 51.3 Å². The Labute approximate surface area is 131 Å². The van der Waals surface area contributed by atoms with Crippen LogP contribution in [0, 0.1) is 5.82 Å². The molecule has 110 valence electrons. The first kappa shape index (κ1) is 15.7. The lowest BCUT2D eigenvalue weighted by molar-refractivity contribution is -0.115. The first-order valence-corrected chi connectivity index (χ1v) is 7.19. The summed E-state index contributed by atoms with van der Waals surface area (Å²) in [6.45, 7) is 0.495. The van der Waals surface area contributed by atoms with Crippen LogP contribution in [0.4, 0.5) is 10.1 Å². The van der Waals surface area contributed by atoms with E-state index in [1.165, 1.54) is 6.07 Å². The molecule has 0 aliphatic carbocycles. The van der Waals surface area contributed by atoms with Gasteiger partial charge in [-0.1, -0.05) is 18.2 Å². The average molecular weight is 352 g/mol. The highest BCUT2D eigenvalue weighted by atomic mass is 79.9. The largest absolute Gasteiger partial charge is 0.380 e. The Morgan fingerprint density at radius 3 is 2.76 bits per heavy atom. The maximum Gasteiger partial charge on any atom is 0.228 e. The molecule has 0 aliphatic rings. The van der Waals surface area contributed by atoms with Gasteiger partial charge in [-0.2, -0.15) is 0 Å². The fraction of sp³-hybridized carbons (Fsp3) is 0.188. The summed E-state index contributed by atoms with van der Waals surface area (Å²) in [6, 6.07) is 12.0. The summed E-state index contributed by atoms with van der Waals surface area (Å²) in [6.07, 6.45) is 0.188. The van der Waals surface area contributed by atoms with Gasteiger partial charge in [0.25, 0.3) is 0 Å². The molecule has 0 radical (unpaired) electrons. The van der Waals surface area contributed by atoms with Crippen LogP contribution in [0.1, 0.15) is 11.1 Å². The highest BCUT2D eigenvalue weighted by molar-refractivity contribution is 9.10. The molecular weight excluding hydrogens is 337 g/mol. The highest BCUT2D eigenvalue weighted by Crippen LogP contribution is 2.18. The SMILES string of the molecule is COCc1cccc(NC(=O)Cc2ccc(F)c(Br)c2)c1. The van der Waals surface area contributed by atoms with E-state index >= 15 is 0 Å². The lowest BCUT2D eigenvalue weighted by atomic mass is 10.1. The van der Waals surface area contributed by atoms with E-state index in [-0.39, 0.29) is 18.1 Å². The molecule has 2 aromatic rings. The summed E-state index contributed by atoms with van der Waals surface area (Å²) in [5, 5.41) is 2.82. The number of halogens is 2. The maximum absolute atomic E-state index is 13.1. The second kappa shape index (κ2) is 7.33. The van der Waals surface area contributed by atoms with Crippen molar-refractivity contribution >= 4 is 27.5 Å². The molecule has 0 unspecified atom stereocenters. The van der Waals surface area contributed by atoms with Gasteiger partial charge in [0.15, 0.2) is 0 Å². The summed E-state index contributed by atoms with van der Waals surface area (Å²) in [7, 11) is 1.62. The second-order valence-corrected chi connectivity index (χ2v) is 5.46. The molecule has 0 spiro atoms. The van der Waals surface area contributed by atoms with E-state index in [0.29, 0.717) is 11.1 Å². The van der Waals surface area contributed by atoms with Crippen LogP contribution in [0.25, 0.3) is 0 Å². The standard InChI is InChI=1S/C16H15BrFNO2/c1-21-10-12-3-2-4-13(7-12)19-16(20)9-11-5-6-15(18)14(17)8-11/h2-8H,9-10H2,1H3,(H,19,20). The van der Waals surface area contributed by atoms with Gasteiger partial charge in [-0.3, -0.25) is 4.79 Å². The van der Waals surface area contributed by atoms with Gasteiger partial charge in [0, 0.05) is 12.8 Å². The van der Waals surface area contributed by atoms with Gasteiger partial charge in [-0.15, -0.1) is 0 Å². The first-order valence-electron chi connectivity index (χ1n) is 6.40. The number of amides is 1. The van der Waals surface area contributed by atoms with Crippen LogP contribution in [0.15, 0.2) is 46.9 Å². The van der Waals surface area contributed by atoms with Crippen LogP contribution >= 0.6 is 15.9 Å². The quantitative estimate of drug-likeness (QED) is 0.886. The lowest BCUT2D eigenvalue weighted by Crippen LogP contribution is -2.14. The van der Waals surface area contributed by atoms with Crippen LogP contribution in [0.3, 0.4) is 0 Å².